The number of nitrogens with one attached hydrogen (secondary N) is 1. The molecular formula is C19H24N4O3. The van der Waals surface area contributed by atoms with Crippen LogP contribution in [0.3, 0.4) is 0 Å². The Morgan fingerprint density at radius 3 is 2.54 bits per heavy atom. The highest BCUT2D eigenvalue weighted by atomic mass is 16.5. The van der Waals surface area contributed by atoms with Crippen LogP contribution < -0.4 is 5.32 Å². The van der Waals surface area contributed by atoms with Gasteiger partial charge in [-0.15, -0.1) is 0 Å². The molecule has 1 N–H and O–H groups in total. The van der Waals surface area contributed by atoms with Gasteiger partial charge in [0, 0.05) is 50.0 Å². The maximum absolute atomic E-state index is 12.3. The molecule has 0 spiro atoms. The SMILES string of the molecule is CC(=O)c1cccc(NC(=O)CN2CCN(Cc3cc(C)on3)CC2)c1. The molecule has 138 valence electrons. The van der Waals surface area contributed by atoms with Crippen molar-refractivity contribution < 1.29 is 14.1 Å². The summed E-state index contributed by atoms with van der Waals surface area (Å²) in [6, 6.07) is 8.97. The van der Waals surface area contributed by atoms with Crippen LogP contribution in [0.5, 0.6) is 0 Å². The second kappa shape index (κ2) is 8.25. The van der Waals surface area contributed by atoms with Crippen molar-refractivity contribution in [2.75, 3.05) is 38.0 Å². The molecule has 2 heterocycles. The molecule has 0 unspecified atom stereocenters. The van der Waals surface area contributed by atoms with Crippen LogP contribution in [0.2, 0.25) is 0 Å². The molecule has 26 heavy (non-hydrogen) atoms. The monoisotopic (exact) mass is 356 g/mol. The molecule has 1 aliphatic heterocycles. The molecule has 0 atom stereocenters. The second-order valence-corrected chi connectivity index (χ2v) is 6.67. The Kier molecular flexibility index (Phi) is 5.80. The number of hydrogen-bond acceptors (Lipinski definition) is 6. The van der Waals surface area contributed by atoms with Gasteiger partial charge < -0.3 is 9.84 Å². The molecular weight excluding hydrogens is 332 g/mol. The molecule has 2 aromatic rings. The minimum atomic E-state index is -0.0636. The van der Waals surface area contributed by atoms with E-state index in [1.54, 1.807) is 24.3 Å². The van der Waals surface area contributed by atoms with Crippen molar-refractivity contribution >= 4 is 17.4 Å². The Hall–Kier alpha value is -2.51. The summed E-state index contributed by atoms with van der Waals surface area (Å²) >= 11 is 0. The summed E-state index contributed by atoms with van der Waals surface area (Å²) < 4.78 is 5.10. The third kappa shape index (κ3) is 5.00. The maximum atomic E-state index is 12.3. The minimum absolute atomic E-state index is 0.0143. The summed E-state index contributed by atoms with van der Waals surface area (Å²) in [5.41, 5.74) is 2.20. The van der Waals surface area contributed by atoms with E-state index < -0.39 is 0 Å². The fourth-order valence-corrected chi connectivity index (χ4v) is 3.05. The zero-order chi connectivity index (χ0) is 18.5. The molecule has 7 heteroatoms. The number of benzene rings is 1. The number of aromatic nitrogens is 1. The van der Waals surface area contributed by atoms with Gasteiger partial charge in [-0.1, -0.05) is 17.3 Å². The largest absolute Gasteiger partial charge is 0.361 e. The van der Waals surface area contributed by atoms with Crippen LogP contribution in [0.4, 0.5) is 5.69 Å². The molecule has 0 aliphatic carbocycles. The lowest BCUT2D eigenvalue weighted by Crippen LogP contribution is -2.48. The normalized spacial score (nSPS) is 15.8. The lowest BCUT2D eigenvalue weighted by molar-refractivity contribution is -0.117. The number of rotatable bonds is 6. The summed E-state index contributed by atoms with van der Waals surface area (Å²) in [5.74, 6) is 0.745. The Morgan fingerprint density at radius 2 is 1.88 bits per heavy atom. The molecule has 3 rings (SSSR count). The van der Waals surface area contributed by atoms with Gasteiger partial charge in [0.05, 0.1) is 12.2 Å². The first-order valence-corrected chi connectivity index (χ1v) is 8.77. The van der Waals surface area contributed by atoms with E-state index >= 15 is 0 Å². The van der Waals surface area contributed by atoms with Crippen molar-refractivity contribution in [3.05, 3.63) is 47.3 Å². The molecule has 1 aliphatic rings. The van der Waals surface area contributed by atoms with Crippen LogP contribution in [0.25, 0.3) is 0 Å². The Morgan fingerprint density at radius 1 is 1.15 bits per heavy atom. The quantitative estimate of drug-likeness (QED) is 0.797. The summed E-state index contributed by atoms with van der Waals surface area (Å²) in [6.45, 7) is 7.96. The highest BCUT2D eigenvalue weighted by Crippen LogP contribution is 2.12. The Bertz CT molecular complexity index is 779. The first-order chi connectivity index (χ1) is 12.5. The molecule has 1 saturated heterocycles. The Labute approximate surface area is 152 Å². The molecule has 1 amide bonds. The summed E-state index contributed by atoms with van der Waals surface area (Å²) in [7, 11) is 0. The van der Waals surface area contributed by atoms with Gasteiger partial charge in [0.15, 0.2) is 5.78 Å². The molecule has 7 nitrogen and oxygen atoms in total. The second-order valence-electron chi connectivity index (χ2n) is 6.67. The fraction of sp³-hybridized carbons (Fsp3) is 0.421. The number of piperazine rings is 1. The number of carbonyl (C=O) groups excluding carboxylic acids is 2. The van der Waals surface area contributed by atoms with Gasteiger partial charge in [0.1, 0.15) is 5.76 Å². The first kappa shape index (κ1) is 18.3. The molecule has 0 radical (unpaired) electrons. The van der Waals surface area contributed by atoms with E-state index in [0.29, 0.717) is 17.8 Å². The van der Waals surface area contributed by atoms with Gasteiger partial charge in [-0.3, -0.25) is 19.4 Å². The first-order valence-electron chi connectivity index (χ1n) is 8.77. The molecule has 1 fully saturated rings. The molecule has 1 aromatic heterocycles. The van der Waals surface area contributed by atoms with Crippen LogP contribution in [-0.4, -0.2) is 59.4 Å². The van der Waals surface area contributed by atoms with E-state index in [4.69, 9.17) is 4.52 Å². The van der Waals surface area contributed by atoms with Crippen molar-refractivity contribution in [3.63, 3.8) is 0 Å². The third-order valence-electron chi connectivity index (χ3n) is 4.45. The molecule has 1 aromatic carbocycles. The molecule has 0 saturated carbocycles. The number of nitrogens with zero attached hydrogens (tertiary/aromatic N) is 3. The average Bonchev–Trinajstić information content (AvgIpc) is 3.01. The van der Waals surface area contributed by atoms with Gasteiger partial charge in [-0.25, -0.2) is 0 Å². The van der Waals surface area contributed by atoms with Crippen molar-refractivity contribution in [1.29, 1.82) is 0 Å². The van der Waals surface area contributed by atoms with Crippen molar-refractivity contribution in [2.45, 2.75) is 20.4 Å². The van der Waals surface area contributed by atoms with Crippen LogP contribution in [0.1, 0.15) is 28.7 Å². The number of aryl methyl sites for hydroxylation is 1. The third-order valence-corrected chi connectivity index (χ3v) is 4.45. The van der Waals surface area contributed by atoms with Gasteiger partial charge >= 0.3 is 0 Å². The zero-order valence-electron chi connectivity index (χ0n) is 15.2. The fourth-order valence-electron chi connectivity index (χ4n) is 3.05. The van der Waals surface area contributed by atoms with Crippen LogP contribution in [0, 0.1) is 6.92 Å². The van der Waals surface area contributed by atoms with Crippen LogP contribution >= 0.6 is 0 Å². The van der Waals surface area contributed by atoms with Crippen LogP contribution in [0.15, 0.2) is 34.9 Å². The highest BCUT2D eigenvalue weighted by molar-refractivity contribution is 5.97. The summed E-state index contributed by atoms with van der Waals surface area (Å²) in [5, 5.41) is 6.89. The smallest absolute Gasteiger partial charge is 0.238 e. The number of hydrogen-bond donors (Lipinski definition) is 1. The predicted octanol–water partition coefficient (Wildman–Crippen LogP) is 1.94. The Balaban J connectivity index is 1.44. The van der Waals surface area contributed by atoms with Crippen molar-refractivity contribution in [1.82, 2.24) is 15.0 Å². The van der Waals surface area contributed by atoms with Crippen molar-refractivity contribution in [3.8, 4) is 0 Å². The number of amides is 1. The van der Waals surface area contributed by atoms with Crippen molar-refractivity contribution in [2.24, 2.45) is 0 Å². The topological polar surface area (TPSA) is 78.7 Å². The van der Waals surface area contributed by atoms with E-state index in [0.717, 1.165) is 44.2 Å². The van der Waals surface area contributed by atoms with E-state index in [1.165, 1.54) is 6.92 Å². The number of Topliss-reactive ketones (excluding diaryl/α,β-unsaturated/α-hetero) is 1. The minimum Gasteiger partial charge on any atom is -0.361 e. The predicted molar refractivity (Wildman–Crippen MR) is 98.0 cm³/mol. The number of ketones is 1. The van der Waals surface area contributed by atoms with Gasteiger partial charge in [0.25, 0.3) is 0 Å². The average molecular weight is 356 g/mol. The van der Waals surface area contributed by atoms with Gasteiger partial charge in [0.2, 0.25) is 5.91 Å². The number of anilines is 1. The van der Waals surface area contributed by atoms with Gasteiger partial charge in [-0.05, 0) is 26.0 Å². The van der Waals surface area contributed by atoms with Crippen LogP contribution in [-0.2, 0) is 11.3 Å². The number of carbonyl (C=O) groups is 2. The highest BCUT2D eigenvalue weighted by Gasteiger charge is 2.20. The summed E-state index contributed by atoms with van der Waals surface area (Å²) in [6.07, 6.45) is 0. The zero-order valence-corrected chi connectivity index (χ0v) is 15.2. The van der Waals surface area contributed by atoms with E-state index in [9.17, 15) is 9.59 Å². The van der Waals surface area contributed by atoms with E-state index in [-0.39, 0.29) is 11.7 Å². The summed E-state index contributed by atoms with van der Waals surface area (Å²) in [4.78, 5) is 28.1. The van der Waals surface area contributed by atoms with E-state index in [2.05, 4.69) is 20.3 Å². The molecule has 0 bridgehead atoms. The van der Waals surface area contributed by atoms with E-state index in [1.807, 2.05) is 13.0 Å². The standard InChI is InChI=1S/C19H24N4O3/c1-14-10-18(21-26-14)12-22-6-8-23(9-7-22)13-19(25)20-17-5-3-4-16(11-17)15(2)24/h3-5,10-11H,6-9,12-13H2,1-2H3,(H,20,25). The lowest BCUT2D eigenvalue weighted by Gasteiger charge is -2.33. The lowest BCUT2D eigenvalue weighted by atomic mass is 10.1. The van der Waals surface area contributed by atoms with Gasteiger partial charge in [-0.2, -0.15) is 0 Å². The maximum Gasteiger partial charge on any atom is 0.238 e.